The molecule has 6 heteroatoms. The minimum Gasteiger partial charge on any atom is -0.445 e. The molecule has 1 aromatic heterocycles. The Balaban J connectivity index is 1.63. The highest BCUT2D eigenvalue weighted by atomic mass is 16.4. The van der Waals surface area contributed by atoms with Crippen LogP contribution >= 0.6 is 0 Å². The molecule has 0 saturated carbocycles. The molecule has 0 bridgehead atoms. The van der Waals surface area contributed by atoms with Gasteiger partial charge in [0.1, 0.15) is 5.76 Å². The number of oxazole rings is 1. The Morgan fingerprint density at radius 1 is 1.69 bits per heavy atom. The highest BCUT2D eigenvalue weighted by molar-refractivity contribution is 5.76. The summed E-state index contributed by atoms with van der Waals surface area (Å²) in [5.41, 5.74) is 0. The van der Waals surface area contributed by atoms with Crippen molar-refractivity contribution >= 4 is 6.03 Å². The number of carbonyl (C=O) groups is 1. The SMILES string of the molecule is Cc1cnc(CNCCN2CCNC2=O)o1. The molecule has 1 aliphatic rings. The first-order valence-electron chi connectivity index (χ1n) is 5.40. The zero-order valence-corrected chi connectivity index (χ0v) is 9.32. The zero-order valence-electron chi connectivity index (χ0n) is 9.32. The lowest BCUT2D eigenvalue weighted by Gasteiger charge is -2.13. The molecule has 0 aromatic carbocycles. The highest BCUT2D eigenvalue weighted by Crippen LogP contribution is 2.00. The highest BCUT2D eigenvalue weighted by Gasteiger charge is 2.18. The number of amides is 2. The van der Waals surface area contributed by atoms with E-state index in [0.29, 0.717) is 19.0 Å². The Hall–Kier alpha value is -1.56. The van der Waals surface area contributed by atoms with Crippen molar-refractivity contribution in [3.05, 3.63) is 17.8 Å². The number of urea groups is 1. The fraction of sp³-hybridized carbons (Fsp3) is 0.600. The summed E-state index contributed by atoms with van der Waals surface area (Å²) in [4.78, 5) is 17.1. The molecule has 16 heavy (non-hydrogen) atoms. The van der Waals surface area contributed by atoms with Crippen molar-refractivity contribution in [1.29, 1.82) is 0 Å². The summed E-state index contributed by atoms with van der Waals surface area (Å²) < 4.78 is 5.31. The molecule has 0 atom stereocenters. The number of rotatable bonds is 5. The molecule has 1 fully saturated rings. The second kappa shape index (κ2) is 4.98. The van der Waals surface area contributed by atoms with E-state index in [2.05, 4.69) is 15.6 Å². The van der Waals surface area contributed by atoms with Crippen molar-refractivity contribution in [2.45, 2.75) is 13.5 Å². The van der Waals surface area contributed by atoms with Gasteiger partial charge in [-0.1, -0.05) is 0 Å². The van der Waals surface area contributed by atoms with Crippen LogP contribution in [0.5, 0.6) is 0 Å². The van der Waals surface area contributed by atoms with Crippen molar-refractivity contribution in [3.8, 4) is 0 Å². The van der Waals surface area contributed by atoms with Crippen LogP contribution in [-0.2, 0) is 6.54 Å². The Morgan fingerprint density at radius 3 is 3.19 bits per heavy atom. The van der Waals surface area contributed by atoms with Gasteiger partial charge in [-0.15, -0.1) is 0 Å². The van der Waals surface area contributed by atoms with Crippen LogP contribution in [0.15, 0.2) is 10.6 Å². The van der Waals surface area contributed by atoms with E-state index < -0.39 is 0 Å². The monoisotopic (exact) mass is 224 g/mol. The van der Waals surface area contributed by atoms with Crippen LogP contribution in [0.4, 0.5) is 4.79 Å². The maximum atomic E-state index is 11.2. The number of nitrogens with zero attached hydrogens (tertiary/aromatic N) is 2. The number of aromatic nitrogens is 1. The molecule has 0 radical (unpaired) electrons. The topological polar surface area (TPSA) is 70.4 Å². The van der Waals surface area contributed by atoms with Gasteiger partial charge in [-0.3, -0.25) is 0 Å². The van der Waals surface area contributed by atoms with Crippen molar-refractivity contribution in [1.82, 2.24) is 20.5 Å². The number of aryl methyl sites for hydroxylation is 1. The Labute approximate surface area is 94.0 Å². The molecular weight excluding hydrogens is 208 g/mol. The molecular formula is C10H16N4O2. The molecule has 2 amide bonds. The molecule has 2 N–H and O–H groups in total. The predicted molar refractivity (Wildman–Crippen MR) is 57.9 cm³/mol. The van der Waals surface area contributed by atoms with Gasteiger partial charge >= 0.3 is 6.03 Å². The standard InChI is InChI=1S/C10H16N4O2/c1-8-6-13-9(16-8)7-11-2-4-14-5-3-12-10(14)15/h6,11H,2-5,7H2,1H3,(H,12,15). The number of carbonyl (C=O) groups excluding carboxylic acids is 1. The normalized spacial score (nSPS) is 15.6. The molecule has 2 rings (SSSR count). The molecule has 6 nitrogen and oxygen atoms in total. The summed E-state index contributed by atoms with van der Waals surface area (Å²) in [6.07, 6.45) is 1.70. The van der Waals surface area contributed by atoms with Crippen LogP contribution < -0.4 is 10.6 Å². The first-order chi connectivity index (χ1) is 7.75. The van der Waals surface area contributed by atoms with E-state index >= 15 is 0 Å². The van der Waals surface area contributed by atoms with E-state index in [0.717, 1.165) is 25.4 Å². The maximum absolute atomic E-state index is 11.2. The Kier molecular flexibility index (Phi) is 3.40. The van der Waals surface area contributed by atoms with Crippen LogP contribution in [0.3, 0.4) is 0 Å². The summed E-state index contributed by atoms with van der Waals surface area (Å²) >= 11 is 0. The molecule has 1 aliphatic heterocycles. The van der Waals surface area contributed by atoms with E-state index in [9.17, 15) is 4.79 Å². The van der Waals surface area contributed by atoms with Gasteiger partial charge in [0.2, 0.25) is 5.89 Å². The lowest BCUT2D eigenvalue weighted by atomic mass is 10.5. The van der Waals surface area contributed by atoms with Gasteiger partial charge in [0.05, 0.1) is 12.7 Å². The van der Waals surface area contributed by atoms with E-state index in [-0.39, 0.29) is 6.03 Å². The molecule has 0 aliphatic carbocycles. The van der Waals surface area contributed by atoms with Gasteiger partial charge in [0, 0.05) is 26.2 Å². The van der Waals surface area contributed by atoms with Gasteiger partial charge in [-0.05, 0) is 6.92 Å². The summed E-state index contributed by atoms with van der Waals surface area (Å²) in [5.74, 6) is 1.50. The smallest absolute Gasteiger partial charge is 0.317 e. The van der Waals surface area contributed by atoms with E-state index in [1.165, 1.54) is 0 Å². The second-order valence-electron chi connectivity index (χ2n) is 3.76. The Morgan fingerprint density at radius 2 is 2.56 bits per heavy atom. The minimum atomic E-state index is 0.0220. The summed E-state index contributed by atoms with van der Waals surface area (Å²) in [6.45, 7) is 5.46. The first kappa shape index (κ1) is 10.9. The fourth-order valence-electron chi connectivity index (χ4n) is 1.62. The van der Waals surface area contributed by atoms with Crippen molar-refractivity contribution < 1.29 is 9.21 Å². The third-order valence-electron chi connectivity index (χ3n) is 2.45. The molecule has 88 valence electrons. The van der Waals surface area contributed by atoms with E-state index in [1.807, 2.05) is 6.92 Å². The van der Waals surface area contributed by atoms with E-state index in [4.69, 9.17) is 4.42 Å². The fourth-order valence-corrected chi connectivity index (χ4v) is 1.62. The molecule has 1 saturated heterocycles. The van der Waals surface area contributed by atoms with E-state index in [1.54, 1.807) is 11.1 Å². The van der Waals surface area contributed by atoms with Crippen LogP contribution in [0, 0.1) is 6.92 Å². The number of nitrogens with one attached hydrogen (secondary N) is 2. The second-order valence-corrected chi connectivity index (χ2v) is 3.76. The zero-order chi connectivity index (χ0) is 11.4. The summed E-state index contributed by atoms with van der Waals surface area (Å²) in [6, 6.07) is 0.0220. The van der Waals surface area contributed by atoms with Gasteiger partial charge < -0.3 is 20.0 Å². The number of hydrogen-bond donors (Lipinski definition) is 2. The number of hydrogen-bond acceptors (Lipinski definition) is 4. The quantitative estimate of drug-likeness (QED) is 0.696. The van der Waals surface area contributed by atoms with Crippen LogP contribution in [0.25, 0.3) is 0 Å². The van der Waals surface area contributed by atoms with Crippen LogP contribution in [-0.4, -0.2) is 42.1 Å². The van der Waals surface area contributed by atoms with Crippen LogP contribution in [0.2, 0.25) is 0 Å². The lowest BCUT2D eigenvalue weighted by molar-refractivity contribution is 0.217. The van der Waals surface area contributed by atoms with Gasteiger partial charge in [0.25, 0.3) is 0 Å². The average molecular weight is 224 g/mol. The van der Waals surface area contributed by atoms with Gasteiger partial charge in [-0.2, -0.15) is 0 Å². The summed E-state index contributed by atoms with van der Waals surface area (Å²) in [7, 11) is 0. The van der Waals surface area contributed by atoms with Crippen LogP contribution in [0.1, 0.15) is 11.7 Å². The predicted octanol–water partition coefficient (Wildman–Crippen LogP) is 0.0978. The largest absolute Gasteiger partial charge is 0.445 e. The molecule has 2 heterocycles. The molecule has 0 spiro atoms. The maximum Gasteiger partial charge on any atom is 0.317 e. The molecule has 0 unspecified atom stereocenters. The average Bonchev–Trinajstić information content (AvgIpc) is 2.83. The lowest BCUT2D eigenvalue weighted by Crippen LogP contribution is -2.34. The van der Waals surface area contributed by atoms with Crippen molar-refractivity contribution in [3.63, 3.8) is 0 Å². The van der Waals surface area contributed by atoms with Gasteiger partial charge in [0.15, 0.2) is 0 Å². The van der Waals surface area contributed by atoms with Crippen molar-refractivity contribution in [2.24, 2.45) is 0 Å². The minimum absolute atomic E-state index is 0.0220. The van der Waals surface area contributed by atoms with Crippen molar-refractivity contribution in [2.75, 3.05) is 26.2 Å². The third kappa shape index (κ3) is 2.73. The molecule has 1 aromatic rings. The summed E-state index contributed by atoms with van der Waals surface area (Å²) in [5, 5.41) is 5.94. The first-order valence-corrected chi connectivity index (χ1v) is 5.40. The Bertz CT molecular complexity index is 363. The third-order valence-corrected chi connectivity index (χ3v) is 2.45. The van der Waals surface area contributed by atoms with Gasteiger partial charge in [-0.25, -0.2) is 9.78 Å².